The molecule has 1 unspecified atom stereocenters. The third kappa shape index (κ3) is 4.82. The number of urea groups is 1. The molecule has 2 amide bonds. The summed E-state index contributed by atoms with van der Waals surface area (Å²) in [5.74, 6) is 2.48. The molecule has 152 valence electrons. The fraction of sp³-hybridized carbons (Fsp3) is 0.429. The lowest BCUT2D eigenvalue weighted by atomic mass is 10.2. The van der Waals surface area contributed by atoms with Crippen molar-refractivity contribution in [3.63, 3.8) is 0 Å². The first-order chi connectivity index (χ1) is 14.0. The van der Waals surface area contributed by atoms with Gasteiger partial charge in [-0.3, -0.25) is 9.78 Å². The quantitative estimate of drug-likeness (QED) is 0.571. The zero-order valence-corrected chi connectivity index (χ0v) is 17.1. The molecule has 4 rings (SSSR count). The van der Waals surface area contributed by atoms with Crippen molar-refractivity contribution >= 4 is 11.7 Å². The maximum absolute atomic E-state index is 12.2. The summed E-state index contributed by atoms with van der Waals surface area (Å²) in [4.78, 5) is 16.8. The molecule has 0 spiro atoms. The summed E-state index contributed by atoms with van der Waals surface area (Å²) in [6.45, 7) is 7.47. The Morgan fingerprint density at radius 2 is 2.03 bits per heavy atom. The van der Waals surface area contributed by atoms with Gasteiger partial charge in [0.1, 0.15) is 5.82 Å². The number of nitrogens with one attached hydrogen (secondary N) is 3. The number of rotatable bonds is 7. The van der Waals surface area contributed by atoms with Crippen LogP contribution in [-0.4, -0.2) is 37.5 Å². The van der Waals surface area contributed by atoms with E-state index in [-0.39, 0.29) is 11.9 Å². The molecule has 1 aliphatic rings. The predicted octanol–water partition coefficient (Wildman–Crippen LogP) is 3.62. The number of nitrogens with zero attached hydrogens (tertiary/aromatic N) is 4. The molecular weight excluding hydrogens is 366 g/mol. The Hall–Kier alpha value is -3.16. The van der Waals surface area contributed by atoms with Gasteiger partial charge in [-0.1, -0.05) is 6.92 Å². The van der Waals surface area contributed by atoms with Gasteiger partial charge in [0.2, 0.25) is 0 Å². The van der Waals surface area contributed by atoms with Crippen LogP contribution in [0.1, 0.15) is 42.9 Å². The van der Waals surface area contributed by atoms with Gasteiger partial charge in [0.05, 0.1) is 5.69 Å². The molecule has 0 radical (unpaired) electrons. The van der Waals surface area contributed by atoms with Crippen LogP contribution in [0.3, 0.4) is 0 Å². The van der Waals surface area contributed by atoms with Crippen molar-refractivity contribution in [2.75, 3.05) is 11.9 Å². The van der Waals surface area contributed by atoms with Gasteiger partial charge in [-0.25, -0.2) is 9.78 Å². The zero-order chi connectivity index (χ0) is 20.4. The van der Waals surface area contributed by atoms with E-state index in [1.165, 1.54) is 12.8 Å². The molecule has 8 heteroatoms. The van der Waals surface area contributed by atoms with Gasteiger partial charge >= 0.3 is 6.03 Å². The third-order valence-corrected chi connectivity index (χ3v) is 5.07. The lowest BCUT2D eigenvalue weighted by Gasteiger charge is -2.14. The van der Waals surface area contributed by atoms with E-state index in [2.05, 4.69) is 43.9 Å². The summed E-state index contributed by atoms with van der Waals surface area (Å²) in [6.07, 6.45) is 2.37. The van der Waals surface area contributed by atoms with Crippen LogP contribution in [0.15, 0.2) is 30.3 Å². The first-order valence-electron chi connectivity index (χ1n) is 10.1. The molecule has 1 atom stereocenters. The van der Waals surface area contributed by atoms with E-state index in [0.717, 1.165) is 35.0 Å². The van der Waals surface area contributed by atoms with Gasteiger partial charge in [0, 0.05) is 36.0 Å². The first-order valence-corrected chi connectivity index (χ1v) is 10.1. The van der Waals surface area contributed by atoms with Gasteiger partial charge < -0.3 is 10.6 Å². The van der Waals surface area contributed by atoms with Crippen LogP contribution in [0.25, 0.3) is 11.4 Å². The Labute approximate surface area is 170 Å². The zero-order valence-electron chi connectivity index (χ0n) is 17.1. The Kier molecular flexibility index (Phi) is 5.33. The highest BCUT2D eigenvalue weighted by atomic mass is 16.2. The monoisotopic (exact) mass is 393 g/mol. The molecule has 1 aromatic carbocycles. The number of aryl methyl sites for hydroxylation is 2. The molecular formula is C21H27N7O. The number of carbonyl (C=O) groups is 1. The Morgan fingerprint density at radius 1 is 1.28 bits per heavy atom. The third-order valence-electron chi connectivity index (χ3n) is 5.07. The molecule has 2 aromatic heterocycles. The number of H-pyrrole nitrogens is 1. The number of aromatic nitrogens is 5. The number of hydrogen-bond donors (Lipinski definition) is 3. The van der Waals surface area contributed by atoms with Crippen LogP contribution in [0.4, 0.5) is 10.5 Å². The van der Waals surface area contributed by atoms with Crippen molar-refractivity contribution in [3.05, 3.63) is 47.5 Å². The highest BCUT2D eigenvalue weighted by molar-refractivity contribution is 5.89. The van der Waals surface area contributed by atoms with Crippen LogP contribution < -0.4 is 10.6 Å². The average molecular weight is 393 g/mol. The predicted molar refractivity (Wildman–Crippen MR) is 112 cm³/mol. The van der Waals surface area contributed by atoms with Crippen LogP contribution >= 0.6 is 0 Å². The van der Waals surface area contributed by atoms with Crippen molar-refractivity contribution < 1.29 is 4.79 Å². The maximum atomic E-state index is 12.2. The van der Waals surface area contributed by atoms with Crippen LogP contribution in [0, 0.1) is 19.8 Å². The van der Waals surface area contributed by atoms with Crippen molar-refractivity contribution in [2.24, 2.45) is 5.92 Å². The van der Waals surface area contributed by atoms with E-state index in [1.807, 2.05) is 42.8 Å². The molecule has 29 heavy (non-hydrogen) atoms. The topological polar surface area (TPSA) is 101 Å². The first kappa shape index (κ1) is 19.2. The van der Waals surface area contributed by atoms with E-state index < -0.39 is 0 Å². The molecule has 1 aliphatic carbocycles. The second-order valence-corrected chi connectivity index (χ2v) is 7.95. The number of amides is 2. The molecule has 1 saturated carbocycles. The second kappa shape index (κ2) is 8.06. The van der Waals surface area contributed by atoms with E-state index in [1.54, 1.807) is 0 Å². The summed E-state index contributed by atoms with van der Waals surface area (Å²) < 4.78 is 1.98. The van der Waals surface area contributed by atoms with Crippen molar-refractivity contribution in [2.45, 2.75) is 46.1 Å². The lowest BCUT2D eigenvalue weighted by molar-refractivity contribution is 0.249. The van der Waals surface area contributed by atoms with Crippen LogP contribution in [-0.2, 0) is 6.54 Å². The molecule has 8 nitrogen and oxygen atoms in total. The number of anilines is 1. The number of benzene rings is 1. The largest absolute Gasteiger partial charge is 0.338 e. The smallest absolute Gasteiger partial charge is 0.319 e. The SMILES string of the molecule is Cc1cc(C)n(CC(C)CNC(=O)Nc2ccc(-c3n[nH]c(C4CC4)n3)cc2)n1. The normalized spacial score (nSPS) is 14.6. The average Bonchev–Trinajstić information content (AvgIpc) is 3.34. The van der Waals surface area contributed by atoms with E-state index in [0.29, 0.717) is 18.3 Å². The summed E-state index contributed by atoms with van der Waals surface area (Å²) in [5.41, 5.74) is 3.81. The van der Waals surface area contributed by atoms with Crippen molar-refractivity contribution in [3.8, 4) is 11.4 Å². The fourth-order valence-corrected chi connectivity index (χ4v) is 3.31. The summed E-state index contributed by atoms with van der Waals surface area (Å²) in [7, 11) is 0. The minimum Gasteiger partial charge on any atom is -0.338 e. The highest BCUT2D eigenvalue weighted by Gasteiger charge is 2.27. The highest BCUT2D eigenvalue weighted by Crippen LogP contribution is 2.38. The van der Waals surface area contributed by atoms with Gasteiger partial charge in [-0.2, -0.15) is 10.2 Å². The van der Waals surface area contributed by atoms with E-state index in [9.17, 15) is 4.79 Å². The molecule has 0 aliphatic heterocycles. The minimum atomic E-state index is -0.216. The van der Waals surface area contributed by atoms with Gasteiger partial charge in [0.15, 0.2) is 5.82 Å². The Bertz CT molecular complexity index is 985. The lowest BCUT2D eigenvalue weighted by Crippen LogP contribution is -2.33. The molecule has 3 aromatic rings. The second-order valence-electron chi connectivity index (χ2n) is 7.95. The van der Waals surface area contributed by atoms with E-state index in [4.69, 9.17) is 0 Å². The van der Waals surface area contributed by atoms with Gasteiger partial charge in [0.25, 0.3) is 0 Å². The minimum absolute atomic E-state index is 0.216. The molecule has 0 bridgehead atoms. The van der Waals surface area contributed by atoms with Gasteiger partial charge in [-0.15, -0.1) is 0 Å². The molecule has 2 heterocycles. The number of carbonyl (C=O) groups excluding carboxylic acids is 1. The number of aromatic amines is 1. The fourth-order valence-electron chi connectivity index (χ4n) is 3.31. The summed E-state index contributed by atoms with van der Waals surface area (Å²) in [6, 6.07) is 9.40. The standard InChI is InChI=1S/C21H27N7O/c1-13(12-28-15(3)10-14(2)27-28)11-22-21(29)23-18-8-6-17(7-9-18)20-24-19(25-26-20)16-4-5-16/h6-10,13,16H,4-5,11-12H2,1-3H3,(H2,22,23,29)(H,24,25,26). The van der Waals surface area contributed by atoms with Crippen LogP contribution in [0.2, 0.25) is 0 Å². The van der Waals surface area contributed by atoms with E-state index >= 15 is 0 Å². The van der Waals surface area contributed by atoms with Crippen molar-refractivity contribution in [1.29, 1.82) is 0 Å². The maximum Gasteiger partial charge on any atom is 0.319 e. The van der Waals surface area contributed by atoms with Gasteiger partial charge in [-0.05, 0) is 62.9 Å². The molecule has 3 N–H and O–H groups in total. The Balaban J connectivity index is 1.26. The number of hydrogen-bond acceptors (Lipinski definition) is 4. The Morgan fingerprint density at radius 3 is 2.69 bits per heavy atom. The van der Waals surface area contributed by atoms with Crippen molar-refractivity contribution in [1.82, 2.24) is 30.3 Å². The molecule has 1 fully saturated rings. The summed E-state index contributed by atoms with van der Waals surface area (Å²) >= 11 is 0. The summed E-state index contributed by atoms with van der Waals surface area (Å²) in [5, 5.41) is 17.6. The van der Waals surface area contributed by atoms with Crippen LogP contribution in [0.5, 0.6) is 0 Å². The molecule has 0 saturated heterocycles.